The summed E-state index contributed by atoms with van der Waals surface area (Å²) in [4.78, 5) is 45.6. The zero-order chi connectivity index (χ0) is 23.5. The third-order valence-electron chi connectivity index (χ3n) is 4.06. The first-order chi connectivity index (χ1) is 14.7. The molecule has 33 heavy (non-hydrogen) atoms. The van der Waals surface area contributed by atoms with Crippen LogP contribution in [0.2, 0.25) is 0 Å². The van der Waals surface area contributed by atoms with Gasteiger partial charge in [0, 0.05) is 11.1 Å². The molecule has 0 heterocycles. The summed E-state index contributed by atoms with van der Waals surface area (Å²) in [6, 6.07) is 0. The smallest absolute Gasteiger partial charge is 0.333 e. The molecule has 0 bridgehead atoms. The lowest BCUT2D eigenvalue weighted by Crippen LogP contribution is -2.15. The number of esters is 4. The number of unbranched alkanes of at least 4 members (excludes halogenated alkanes) is 6. The van der Waals surface area contributed by atoms with Gasteiger partial charge in [0.15, 0.2) is 0 Å². The van der Waals surface area contributed by atoms with Crippen molar-refractivity contribution in [1.82, 2.24) is 0 Å². The average molecular weight is 473 g/mol. The van der Waals surface area contributed by atoms with Crippen LogP contribution in [0.1, 0.15) is 86.5 Å². The normalized spacial score (nSPS) is 9.52. The highest BCUT2D eigenvalue weighted by Gasteiger charge is 2.12. The molecular weight excluding hydrogens is 428 g/mol. The number of hydrogen-bond donors (Lipinski definition) is 0. The van der Waals surface area contributed by atoms with Gasteiger partial charge in [0.1, 0.15) is 6.42 Å². The van der Waals surface area contributed by atoms with Crippen molar-refractivity contribution in [1.29, 1.82) is 0 Å². The topological polar surface area (TPSA) is 105 Å². The zero-order valence-electron chi connectivity index (χ0n) is 18.9. The summed E-state index contributed by atoms with van der Waals surface area (Å²) in [5.41, 5.74) is 0.758. The van der Waals surface area contributed by atoms with Crippen molar-refractivity contribution >= 4 is 23.9 Å². The molecule has 0 radical (unpaired) electrons. The van der Waals surface area contributed by atoms with Gasteiger partial charge in [-0.1, -0.05) is 28.0 Å². The highest BCUT2D eigenvalue weighted by atomic mass is 16.6. The molecule has 0 aromatic heterocycles. The van der Waals surface area contributed by atoms with Gasteiger partial charge in [0.05, 0.1) is 26.4 Å². The molecule has 0 aromatic rings. The lowest BCUT2D eigenvalue weighted by molar-refractivity contribution is -0.154. The summed E-state index contributed by atoms with van der Waals surface area (Å²) in [6.45, 7) is 11.4. The second kappa shape index (κ2) is 22.6. The van der Waals surface area contributed by atoms with E-state index in [9.17, 15) is 19.2 Å². The summed E-state index contributed by atoms with van der Waals surface area (Å²) in [5.74, 6) is -1.97. The van der Waals surface area contributed by atoms with E-state index in [-0.39, 0.29) is 40.0 Å². The first kappa shape index (κ1) is 35.0. The molecule has 192 valence electrons. The molecule has 0 N–H and O–H groups in total. The minimum atomic E-state index is -0.597. The lowest BCUT2D eigenvalue weighted by Gasteiger charge is -2.07. The van der Waals surface area contributed by atoms with Crippen LogP contribution in [0.3, 0.4) is 0 Å². The van der Waals surface area contributed by atoms with Gasteiger partial charge in [0.25, 0.3) is 0 Å². The second-order valence-corrected chi connectivity index (χ2v) is 7.28. The van der Waals surface area contributed by atoms with Crippen molar-refractivity contribution in [3.8, 4) is 0 Å². The Kier molecular flexibility index (Phi) is 23.9. The Morgan fingerprint density at radius 1 is 0.515 bits per heavy atom. The van der Waals surface area contributed by atoms with Gasteiger partial charge in [0.2, 0.25) is 0 Å². The summed E-state index contributed by atoms with van der Waals surface area (Å²) < 4.78 is 20.0. The van der Waals surface area contributed by atoms with Gasteiger partial charge in [-0.05, 0) is 65.2 Å². The number of carbonyl (C=O) groups is 4. The molecular formula is C25H44O8. The standard InChI is InChI=1S/C23H36O8.2CH4/c1-18(2)22(26)30-15-11-7-5-9-13-28-20(24)17-21(25)29-14-10-6-8-12-16-31-23(27)19(3)4;;/h1,3,5-17H2,2,4H3;2*1H4. The van der Waals surface area contributed by atoms with Crippen molar-refractivity contribution < 1.29 is 38.1 Å². The molecule has 0 amide bonds. The third kappa shape index (κ3) is 22.3. The third-order valence-corrected chi connectivity index (χ3v) is 4.06. The Morgan fingerprint density at radius 2 is 0.788 bits per heavy atom. The quantitative estimate of drug-likeness (QED) is 0.0892. The molecule has 0 fully saturated rings. The van der Waals surface area contributed by atoms with E-state index in [1.54, 1.807) is 13.8 Å². The molecule has 0 spiro atoms. The fourth-order valence-corrected chi connectivity index (χ4v) is 2.28. The fourth-order valence-electron chi connectivity index (χ4n) is 2.28. The maximum atomic E-state index is 11.6. The van der Waals surface area contributed by atoms with Crippen molar-refractivity contribution in [3.63, 3.8) is 0 Å². The van der Waals surface area contributed by atoms with E-state index in [4.69, 9.17) is 18.9 Å². The van der Waals surface area contributed by atoms with E-state index >= 15 is 0 Å². The van der Waals surface area contributed by atoms with Crippen LogP contribution in [-0.4, -0.2) is 50.3 Å². The Balaban J connectivity index is -0.00000450. The highest BCUT2D eigenvalue weighted by Crippen LogP contribution is 2.04. The molecule has 0 rings (SSSR count). The molecule has 0 aliphatic rings. The summed E-state index contributed by atoms with van der Waals surface area (Å²) in [6.07, 6.45) is 5.78. The molecule has 8 nitrogen and oxygen atoms in total. The van der Waals surface area contributed by atoms with E-state index in [1.807, 2.05) is 0 Å². The molecule has 0 aliphatic heterocycles. The summed E-state index contributed by atoms with van der Waals surface area (Å²) in [7, 11) is 0. The van der Waals surface area contributed by atoms with Gasteiger partial charge in [-0.2, -0.15) is 0 Å². The van der Waals surface area contributed by atoms with Gasteiger partial charge < -0.3 is 18.9 Å². The van der Waals surface area contributed by atoms with Crippen LogP contribution < -0.4 is 0 Å². The number of ether oxygens (including phenoxy) is 4. The van der Waals surface area contributed by atoms with Crippen LogP contribution in [-0.2, 0) is 38.1 Å². The van der Waals surface area contributed by atoms with Gasteiger partial charge in [-0.25, -0.2) is 9.59 Å². The van der Waals surface area contributed by atoms with Crippen molar-refractivity contribution in [2.45, 2.75) is 86.5 Å². The molecule has 0 unspecified atom stereocenters. The van der Waals surface area contributed by atoms with Crippen LogP contribution in [0.5, 0.6) is 0 Å². The fraction of sp³-hybridized carbons (Fsp3) is 0.680. The van der Waals surface area contributed by atoms with Crippen molar-refractivity contribution in [2.24, 2.45) is 0 Å². The molecule has 0 saturated carbocycles. The first-order valence-electron chi connectivity index (χ1n) is 10.7. The number of rotatable bonds is 18. The van der Waals surface area contributed by atoms with Crippen LogP contribution >= 0.6 is 0 Å². The van der Waals surface area contributed by atoms with Crippen LogP contribution in [0, 0.1) is 0 Å². The molecule has 8 heteroatoms. The van der Waals surface area contributed by atoms with E-state index in [0.717, 1.165) is 38.5 Å². The first-order valence-corrected chi connectivity index (χ1v) is 10.7. The Morgan fingerprint density at radius 3 is 1.06 bits per heavy atom. The second-order valence-electron chi connectivity index (χ2n) is 7.28. The highest BCUT2D eigenvalue weighted by molar-refractivity contribution is 5.91. The van der Waals surface area contributed by atoms with Crippen LogP contribution in [0.25, 0.3) is 0 Å². The summed E-state index contributed by atoms with van der Waals surface area (Å²) in [5, 5.41) is 0. The van der Waals surface area contributed by atoms with Crippen LogP contribution in [0.15, 0.2) is 24.3 Å². The Bertz CT molecular complexity index is 558. The van der Waals surface area contributed by atoms with Gasteiger partial charge in [-0.15, -0.1) is 0 Å². The van der Waals surface area contributed by atoms with Gasteiger partial charge >= 0.3 is 23.9 Å². The van der Waals surface area contributed by atoms with Crippen LogP contribution in [0.4, 0.5) is 0 Å². The predicted molar refractivity (Wildman–Crippen MR) is 128 cm³/mol. The lowest BCUT2D eigenvalue weighted by atomic mass is 10.2. The van der Waals surface area contributed by atoms with E-state index in [0.29, 0.717) is 37.2 Å². The van der Waals surface area contributed by atoms with Gasteiger partial charge in [-0.3, -0.25) is 9.59 Å². The zero-order valence-corrected chi connectivity index (χ0v) is 18.9. The monoisotopic (exact) mass is 472 g/mol. The molecule has 0 saturated heterocycles. The number of hydrogen-bond acceptors (Lipinski definition) is 8. The Labute approximate surface area is 199 Å². The van der Waals surface area contributed by atoms with Crippen molar-refractivity contribution in [3.05, 3.63) is 24.3 Å². The molecule has 0 aromatic carbocycles. The largest absolute Gasteiger partial charge is 0.465 e. The summed E-state index contributed by atoms with van der Waals surface area (Å²) >= 11 is 0. The van der Waals surface area contributed by atoms with E-state index < -0.39 is 18.4 Å². The minimum Gasteiger partial charge on any atom is -0.465 e. The maximum Gasteiger partial charge on any atom is 0.333 e. The van der Waals surface area contributed by atoms with E-state index in [2.05, 4.69) is 13.2 Å². The molecule has 0 aliphatic carbocycles. The average Bonchev–Trinajstić information content (AvgIpc) is 2.71. The minimum absolute atomic E-state index is 0. The SMILES string of the molecule is C.C.C=C(C)C(=O)OCCCCCCOC(=O)CC(=O)OCCCCCCOC(=O)C(=C)C. The molecule has 0 atom stereocenters. The van der Waals surface area contributed by atoms with E-state index in [1.165, 1.54) is 0 Å². The maximum absolute atomic E-state index is 11.6. The Hall–Kier alpha value is -2.64. The number of carbonyl (C=O) groups excluding carboxylic acids is 4. The van der Waals surface area contributed by atoms with Crippen molar-refractivity contribution in [2.75, 3.05) is 26.4 Å². The predicted octanol–water partition coefficient (Wildman–Crippen LogP) is 5.09.